The van der Waals surface area contributed by atoms with Gasteiger partial charge in [-0.3, -0.25) is 4.68 Å². The van der Waals surface area contributed by atoms with Gasteiger partial charge in [0, 0.05) is 6.07 Å². The van der Waals surface area contributed by atoms with Gasteiger partial charge in [-0.2, -0.15) is 5.10 Å². The minimum Gasteiger partial charge on any atom is -0.265 e. The normalized spacial score (nSPS) is 12.3. The van der Waals surface area contributed by atoms with Crippen LogP contribution in [0.25, 0.3) is 11.0 Å². The van der Waals surface area contributed by atoms with Crippen LogP contribution in [0.5, 0.6) is 0 Å². The molecule has 0 aliphatic heterocycles. The number of fused-ring (bicyclic) bond motifs is 1. The summed E-state index contributed by atoms with van der Waals surface area (Å²) in [6.45, 7) is 6.11. The maximum absolute atomic E-state index is 12.8. The topological polar surface area (TPSA) is 30.7 Å². The number of hydrogen-bond donors (Lipinski definition) is 0. The zero-order chi connectivity index (χ0) is 10.3. The summed E-state index contributed by atoms with van der Waals surface area (Å²) in [7, 11) is 0. The van der Waals surface area contributed by atoms with Gasteiger partial charge >= 0.3 is 0 Å². The summed E-state index contributed by atoms with van der Waals surface area (Å²) in [6.07, 6.45) is 3.03. The largest absolute Gasteiger partial charge is 0.265 e. The highest BCUT2D eigenvalue weighted by molar-refractivity contribution is 5.72. The Morgan fingerprint density at radius 3 is 2.64 bits per heavy atom. The van der Waals surface area contributed by atoms with Crippen LogP contribution in [0.4, 0.5) is 4.39 Å². The highest BCUT2D eigenvalue weighted by atomic mass is 19.1. The van der Waals surface area contributed by atoms with E-state index in [1.807, 2.05) is 27.0 Å². The van der Waals surface area contributed by atoms with Crippen molar-refractivity contribution < 1.29 is 4.39 Å². The molecular formula is C10H12FN3. The fraction of sp³-hybridized carbons (Fsp3) is 0.400. The van der Waals surface area contributed by atoms with Crippen molar-refractivity contribution in [2.45, 2.75) is 26.3 Å². The lowest BCUT2D eigenvalue weighted by molar-refractivity contribution is 0.358. The van der Waals surface area contributed by atoms with Crippen LogP contribution >= 0.6 is 0 Å². The fourth-order valence-electron chi connectivity index (χ4n) is 1.22. The Hall–Kier alpha value is -1.45. The zero-order valence-electron chi connectivity index (χ0n) is 8.45. The van der Waals surface area contributed by atoms with Crippen LogP contribution in [0.2, 0.25) is 0 Å². The quantitative estimate of drug-likeness (QED) is 0.642. The van der Waals surface area contributed by atoms with E-state index in [0.717, 1.165) is 5.52 Å². The van der Waals surface area contributed by atoms with Crippen LogP contribution in [0.3, 0.4) is 0 Å². The monoisotopic (exact) mass is 193 g/mol. The molecule has 0 saturated heterocycles. The Balaban J connectivity index is 2.63. The van der Waals surface area contributed by atoms with E-state index < -0.39 is 0 Å². The molecule has 2 aromatic rings. The van der Waals surface area contributed by atoms with Crippen LogP contribution in [0, 0.1) is 5.82 Å². The van der Waals surface area contributed by atoms with E-state index in [-0.39, 0.29) is 11.4 Å². The number of halogens is 1. The number of pyridine rings is 1. The van der Waals surface area contributed by atoms with E-state index in [2.05, 4.69) is 10.1 Å². The van der Waals surface area contributed by atoms with E-state index in [1.165, 1.54) is 12.3 Å². The lowest BCUT2D eigenvalue weighted by Gasteiger charge is -2.18. The Kier molecular flexibility index (Phi) is 1.80. The molecule has 3 nitrogen and oxygen atoms in total. The molecule has 0 atom stereocenters. The molecule has 0 aliphatic rings. The fourth-order valence-corrected chi connectivity index (χ4v) is 1.22. The molecule has 0 fully saturated rings. The van der Waals surface area contributed by atoms with Crippen LogP contribution in [0.15, 0.2) is 18.5 Å². The van der Waals surface area contributed by atoms with Crippen molar-refractivity contribution >= 4 is 11.0 Å². The molecule has 2 aromatic heterocycles. The average Bonchev–Trinajstić information content (AvgIpc) is 2.45. The Morgan fingerprint density at radius 1 is 1.29 bits per heavy atom. The number of aromatic nitrogens is 3. The first-order valence-electron chi connectivity index (χ1n) is 4.48. The van der Waals surface area contributed by atoms with Gasteiger partial charge in [0.1, 0.15) is 16.9 Å². The molecule has 0 amide bonds. The van der Waals surface area contributed by atoms with Gasteiger partial charge in [0.2, 0.25) is 0 Å². The molecule has 14 heavy (non-hydrogen) atoms. The van der Waals surface area contributed by atoms with Gasteiger partial charge in [0.05, 0.1) is 17.9 Å². The molecule has 0 bridgehead atoms. The molecule has 0 saturated carbocycles. The number of hydrogen-bond acceptors (Lipinski definition) is 2. The smallest absolute Gasteiger partial charge is 0.143 e. The average molecular weight is 193 g/mol. The Morgan fingerprint density at radius 2 is 2.00 bits per heavy atom. The first-order chi connectivity index (χ1) is 6.47. The van der Waals surface area contributed by atoms with Crippen molar-refractivity contribution in [1.82, 2.24) is 14.8 Å². The standard InChI is InChI=1S/C10H12FN3/c1-10(2,3)14-6-9-8(13-14)4-7(11)5-12-9/h4-6H,1-3H3. The Labute approximate surface area is 81.6 Å². The summed E-state index contributed by atoms with van der Waals surface area (Å²) >= 11 is 0. The maximum atomic E-state index is 12.8. The summed E-state index contributed by atoms with van der Waals surface area (Å²) < 4.78 is 14.6. The number of rotatable bonds is 0. The molecule has 0 unspecified atom stereocenters. The molecule has 2 heterocycles. The van der Waals surface area contributed by atoms with E-state index in [4.69, 9.17) is 0 Å². The minimum absolute atomic E-state index is 0.100. The van der Waals surface area contributed by atoms with Crippen LogP contribution < -0.4 is 0 Å². The second-order valence-electron chi connectivity index (χ2n) is 4.30. The summed E-state index contributed by atoms with van der Waals surface area (Å²) in [5.74, 6) is -0.350. The summed E-state index contributed by atoms with van der Waals surface area (Å²) in [5.41, 5.74) is 1.22. The van der Waals surface area contributed by atoms with E-state index in [0.29, 0.717) is 5.52 Å². The summed E-state index contributed by atoms with van der Waals surface area (Å²) in [6, 6.07) is 1.39. The number of nitrogens with zero attached hydrogens (tertiary/aromatic N) is 3. The summed E-state index contributed by atoms with van der Waals surface area (Å²) in [5, 5.41) is 4.26. The first-order valence-corrected chi connectivity index (χ1v) is 4.48. The molecule has 74 valence electrons. The van der Waals surface area contributed by atoms with Crippen molar-refractivity contribution in [3.8, 4) is 0 Å². The first kappa shape index (κ1) is 9.12. The second-order valence-corrected chi connectivity index (χ2v) is 4.30. The second kappa shape index (κ2) is 2.77. The Bertz CT molecular complexity index is 468. The SMILES string of the molecule is CC(C)(C)n1cc2ncc(F)cc2n1. The van der Waals surface area contributed by atoms with Crippen molar-refractivity contribution in [2.24, 2.45) is 0 Å². The lowest BCUT2D eigenvalue weighted by Crippen LogP contribution is -2.21. The van der Waals surface area contributed by atoms with Crippen LogP contribution in [0.1, 0.15) is 20.8 Å². The molecule has 0 N–H and O–H groups in total. The van der Waals surface area contributed by atoms with Crippen molar-refractivity contribution in [1.29, 1.82) is 0 Å². The minimum atomic E-state index is -0.350. The predicted molar refractivity (Wildman–Crippen MR) is 52.5 cm³/mol. The highest BCUT2D eigenvalue weighted by Crippen LogP contribution is 2.17. The van der Waals surface area contributed by atoms with Gasteiger partial charge in [-0.25, -0.2) is 9.37 Å². The van der Waals surface area contributed by atoms with Gasteiger partial charge in [0.25, 0.3) is 0 Å². The molecule has 2 rings (SSSR count). The van der Waals surface area contributed by atoms with Crippen LogP contribution in [-0.4, -0.2) is 14.8 Å². The maximum Gasteiger partial charge on any atom is 0.143 e. The van der Waals surface area contributed by atoms with E-state index in [9.17, 15) is 4.39 Å². The molecular weight excluding hydrogens is 181 g/mol. The van der Waals surface area contributed by atoms with Crippen LogP contribution in [-0.2, 0) is 5.54 Å². The van der Waals surface area contributed by atoms with Crippen molar-refractivity contribution in [3.63, 3.8) is 0 Å². The van der Waals surface area contributed by atoms with Gasteiger partial charge < -0.3 is 0 Å². The third-order valence-electron chi connectivity index (χ3n) is 2.01. The van der Waals surface area contributed by atoms with Gasteiger partial charge in [0.15, 0.2) is 0 Å². The van der Waals surface area contributed by atoms with Gasteiger partial charge in [-0.05, 0) is 20.8 Å². The molecule has 4 heteroatoms. The highest BCUT2D eigenvalue weighted by Gasteiger charge is 2.15. The van der Waals surface area contributed by atoms with Gasteiger partial charge in [-0.1, -0.05) is 0 Å². The van der Waals surface area contributed by atoms with E-state index in [1.54, 1.807) is 4.68 Å². The van der Waals surface area contributed by atoms with Crippen molar-refractivity contribution in [2.75, 3.05) is 0 Å². The van der Waals surface area contributed by atoms with Gasteiger partial charge in [-0.15, -0.1) is 0 Å². The molecule has 0 aromatic carbocycles. The molecule has 0 spiro atoms. The third-order valence-corrected chi connectivity index (χ3v) is 2.01. The third kappa shape index (κ3) is 1.47. The zero-order valence-corrected chi connectivity index (χ0v) is 8.45. The molecule has 0 radical (unpaired) electrons. The van der Waals surface area contributed by atoms with E-state index >= 15 is 0 Å². The van der Waals surface area contributed by atoms with Crippen molar-refractivity contribution in [3.05, 3.63) is 24.3 Å². The predicted octanol–water partition coefficient (Wildman–Crippen LogP) is 2.33. The lowest BCUT2D eigenvalue weighted by atomic mass is 10.1. The molecule has 0 aliphatic carbocycles. The summed E-state index contributed by atoms with van der Waals surface area (Å²) in [4.78, 5) is 3.96.